The summed E-state index contributed by atoms with van der Waals surface area (Å²) < 4.78 is 33.4. The van der Waals surface area contributed by atoms with E-state index in [-0.39, 0.29) is 11.6 Å². The Bertz CT molecular complexity index is 760. The fraction of sp³-hybridized carbons (Fsp3) is 0.720. The van der Waals surface area contributed by atoms with Gasteiger partial charge in [-0.2, -0.15) is 0 Å². The summed E-state index contributed by atoms with van der Waals surface area (Å²) in [4.78, 5) is 0. The smallest absolute Gasteiger partial charge is 0.377 e. The minimum atomic E-state index is -2.63. The molecule has 0 saturated carbocycles. The van der Waals surface area contributed by atoms with Crippen LogP contribution >= 0.6 is 0 Å². The Morgan fingerprint density at radius 2 is 1.47 bits per heavy atom. The number of guanidine groups is 1. The highest BCUT2D eigenvalue weighted by molar-refractivity contribution is 6.61. The van der Waals surface area contributed by atoms with Gasteiger partial charge in [-0.3, -0.25) is 5.41 Å². The summed E-state index contributed by atoms with van der Waals surface area (Å²) in [6, 6.07) is 9.83. The van der Waals surface area contributed by atoms with Crippen LogP contribution in [0.15, 0.2) is 24.3 Å². The molecule has 0 fully saturated rings. The SMILES string of the molecule is CCO[Si](CCCNC(=N)N)(OC)OC(C)(C)C.CO[Si](CCCNCc1cccc(CN)c1)(OC)OC. The van der Waals surface area contributed by atoms with Crippen molar-refractivity contribution in [2.45, 2.75) is 71.3 Å². The van der Waals surface area contributed by atoms with Gasteiger partial charge in [0, 0.05) is 66.8 Å². The predicted octanol–water partition coefficient (Wildman–Crippen LogP) is 2.80. The monoisotopic (exact) mass is 575 g/mol. The van der Waals surface area contributed by atoms with Gasteiger partial charge in [0.05, 0.1) is 5.60 Å². The predicted molar refractivity (Wildman–Crippen MR) is 157 cm³/mol. The summed E-state index contributed by atoms with van der Waals surface area (Å²) in [5.74, 6) is -0.0205. The molecule has 0 heterocycles. The van der Waals surface area contributed by atoms with Gasteiger partial charge in [-0.05, 0) is 58.2 Å². The Hall–Kier alpha value is -1.40. The zero-order valence-corrected chi connectivity index (χ0v) is 26.8. The second-order valence-corrected chi connectivity index (χ2v) is 15.4. The molecule has 13 heteroatoms. The first-order chi connectivity index (χ1) is 17.9. The van der Waals surface area contributed by atoms with Gasteiger partial charge in [0.25, 0.3) is 0 Å². The molecule has 0 aromatic heterocycles. The maximum absolute atomic E-state index is 7.08. The van der Waals surface area contributed by atoms with Crippen LogP contribution in [-0.4, -0.2) is 77.3 Å². The van der Waals surface area contributed by atoms with Crippen LogP contribution in [0.5, 0.6) is 0 Å². The van der Waals surface area contributed by atoms with Crippen LogP contribution in [0.25, 0.3) is 0 Å². The van der Waals surface area contributed by atoms with E-state index in [4.69, 9.17) is 43.4 Å². The number of hydrogen-bond acceptors (Lipinski definition) is 9. The van der Waals surface area contributed by atoms with E-state index >= 15 is 0 Å². The Labute approximate surface area is 232 Å². The molecule has 0 amide bonds. The van der Waals surface area contributed by atoms with Crippen LogP contribution in [0.1, 0.15) is 51.7 Å². The van der Waals surface area contributed by atoms with Crippen LogP contribution in [-0.2, 0) is 39.6 Å². The number of benzene rings is 1. The standard InChI is InChI=1S/C14H26N2O3Si.C11H27N3O3Si/c1-17-20(18-2,19-3)9-5-8-16-12-14-7-4-6-13(10-14)11-15;1-6-16-18(15-5,17-11(2,3)4)9-7-8-14-10(12)13/h4,6-7,10,16H,5,8-9,11-12,15H2,1-3H3;6-9H2,1-5H3,(H4,12,13,14). The molecule has 0 aliphatic rings. The lowest BCUT2D eigenvalue weighted by atomic mass is 10.1. The van der Waals surface area contributed by atoms with Crippen LogP contribution in [0.3, 0.4) is 0 Å². The van der Waals surface area contributed by atoms with Crippen LogP contribution in [0.4, 0.5) is 0 Å². The lowest BCUT2D eigenvalue weighted by molar-refractivity contribution is 0.00765. The third-order valence-corrected chi connectivity index (χ3v) is 11.5. The summed E-state index contributed by atoms with van der Waals surface area (Å²) in [5.41, 5.74) is 13.0. The fourth-order valence-corrected chi connectivity index (χ4v) is 8.07. The van der Waals surface area contributed by atoms with Crippen molar-refractivity contribution in [1.82, 2.24) is 10.6 Å². The highest BCUT2D eigenvalue weighted by atomic mass is 28.4. The highest BCUT2D eigenvalue weighted by Crippen LogP contribution is 2.23. The Morgan fingerprint density at radius 1 is 0.921 bits per heavy atom. The largest absolute Gasteiger partial charge is 0.501 e. The van der Waals surface area contributed by atoms with Crippen molar-refractivity contribution in [1.29, 1.82) is 5.41 Å². The maximum atomic E-state index is 7.08. The van der Waals surface area contributed by atoms with Crippen molar-refractivity contribution in [2.75, 3.05) is 48.1 Å². The molecule has 1 aromatic rings. The van der Waals surface area contributed by atoms with Crippen LogP contribution in [0.2, 0.25) is 12.1 Å². The Morgan fingerprint density at radius 3 is 1.97 bits per heavy atom. The van der Waals surface area contributed by atoms with Crippen molar-refractivity contribution < 1.29 is 26.6 Å². The molecule has 1 rings (SSSR count). The first-order valence-corrected chi connectivity index (χ1v) is 16.9. The molecule has 38 heavy (non-hydrogen) atoms. The Balaban J connectivity index is 0.000000726. The van der Waals surface area contributed by atoms with Gasteiger partial charge in [-0.25, -0.2) is 0 Å². The third-order valence-electron chi connectivity index (χ3n) is 5.44. The van der Waals surface area contributed by atoms with Crippen molar-refractivity contribution in [2.24, 2.45) is 11.5 Å². The Kier molecular flexibility index (Phi) is 18.9. The molecule has 0 radical (unpaired) electrons. The van der Waals surface area contributed by atoms with Gasteiger partial charge in [-0.1, -0.05) is 24.3 Å². The minimum absolute atomic E-state index is 0.0205. The molecule has 0 saturated heterocycles. The molecule has 222 valence electrons. The molecule has 7 N–H and O–H groups in total. The first kappa shape index (κ1) is 36.6. The molecule has 1 aromatic carbocycles. The zero-order chi connectivity index (χ0) is 29.1. The maximum Gasteiger partial charge on any atom is 0.501 e. The average Bonchev–Trinajstić information content (AvgIpc) is 2.88. The molecule has 1 atom stereocenters. The van der Waals surface area contributed by atoms with E-state index in [9.17, 15) is 0 Å². The zero-order valence-electron chi connectivity index (χ0n) is 24.8. The molecule has 0 aliphatic heterocycles. The summed E-state index contributed by atoms with van der Waals surface area (Å²) in [7, 11) is 1.52. The molecule has 1 unspecified atom stereocenters. The van der Waals surface area contributed by atoms with Crippen molar-refractivity contribution in [3.8, 4) is 0 Å². The lowest BCUT2D eigenvalue weighted by Gasteiger charge is -2.34. The molecule has 11 nitrogen and oxygen atoms in total. The first-order valence-electron chi connectivity index (χ1n) is 13.1. The van der Waals surface area contributed by atoms with Gasteiger partial charge in [0.2, 0.25) is 0 Å². The lowest BCUT2D eigenvalue weighted by Crippen LogP contribution is -2.50. The van der Waals surface area contributed by atoms with E-state index in [1.54, 1.807) is 28.4 Å². The number of hydrogen-bond donors (Lipinski definition) is 5. The van der Waals surface area contributed by atoms with Crippen LogP contribution in [0, 0.1) is 5.41 Å². The quantitative estimate of drug-likeness (QED) is 0.0763. The molecule has 0 aliphatic carbocycles. The van der Waals surface area contributed by atoms with E-state index in [1.165, 1.54) is 5.56 Å². The van der Waals surface area contributed by atoms with E-state index in [0.717, 1.165) is 37.5 Å². The number of nitrogens with one attached hydrogen (secondary N) is 3. The second kappa shape index (κ2) is 19.6. The number of nitrogens with two attached hydrogens (primary N) is 2. The van der Waals surface area contributed by atoms with E-state index in [0.29, 0.717) is 25.7 Å². The van der Waals surface area contributed by atoms with E-state index in [2.05, 4.69) is 22.8 Å². The van der Waals surface area contributed by atoms with Gasteiger partial charge in [0.15, 0.2) is 5.96 Å². The van der Waals surface area contributed by atoms with Gasteiger partial charge >= 0.3 is 17.6 Å². The highest BCUT2D eigenvalue weighted by Gasteiger charge is 2.42. The van der Waals surface area contributed by atoms with Gasteiger partial charge in [-0.15, -0.1) is 0 Å². The third kappa shape index (κ3) is 15.9. The average molecular weight is 576 g/mol. The van der Waals surface area contributed by atoms with Crippen molar-refractivity contribution in [3.05, 3.63) is 35.4 Å². The summed E-state index contributed by atoms with van der Waals surface area (Å²) in [6.07, 6.45) is 1.74. The minimum Gasteiger partial charge on any atom is -0.377 e. The van der Waals surface area contributed by atoms with Gasteiger partial charge < -0.3 is 48.7 Å². The molecule has 0 bridgehead atoms. The van der Waals surface area contributed by atoms with Crippen molar-refractivity contribution >= 4 is 23.6 Å². The second-order valence-electron chi connectivity index (χ2n) is 9.58. The summed E-state index contributed by atoms with van der Waals surface area (Å²) in [6.45, 7) is 11.4. The van der Waals surface area contributed by atoms with Crippen molar-refractivity contribution in [3.63, 3.8) is 0 Å². The van der Waals surface area contributed by atoms with Crippen LogP contribution < -0.4 is 22.1 Å². The molecule has 0 spiro atoms. The van der Waals surface area contributed by atoms with E-state index < -0.39 is 17.6 Å². The van der Waals surface area contributed by atoms with Gasteiger partial charge in [0.1, 0.15) is 0 Å². The molecular formula is C25H53N5O6Si2. The number of rotatable bonds is 18. The molecular weight excluding hydrogens is 522 g/mol. The van der Waals surface area contributed by atoms with E-state index in [1.807, 2.05) is 39.8 Å². The fourth-order valence-electron chi connectivity index (χ4n) is 3.66. The summed E-state index contributed by atoms with van der Waals surface area (Å²) >= 11 is 0. The topological polar surface area (TPSA) is 155 Å². The summed E-state index contributed by atoms with van der Waals surface area (Å²) in [5, 5.41) is 13.3. The normalized spacial score (nSPS) is 13.4.